The third-order valence-corrected chi connectivity index (χ3v) is 7.35. The van der Waals surface area contributed by atoms with Gasteiger partial charge in [0.15, 0.2) is 17.3 Å². The van der Waals surface area contributed by atoms with E-state index in [0.717, 1.165) is 32.4 Å². The number of likely N-dealkylation sites (tertiary alicyclic amines) is 1. The number of benzene rings is 1. The number of anilines is 3. The number of nitrogens with zero attached hydrogens (tertiary/aromatic N) is 4. The van der Waals surface area contributed by atoms with Crippen LogP contribution in [-0.2, 0) is 4.79 Å². The van der Waals surface area contributed by atoms with Gasteiger partial charge < -0.3 is 25.6 Å². The lowest BCUT2D eigenvalue weighted by Gasteiger charge is -2.30. The number of aryl methyl sites for hydroxylation is 1. The molecule has 0 bridgehead atoms. The number of para-hydroxylation sites is 1. The second-order valence-electron chi connectivity index (χ2n) is 8.80. The Morgan fingerprint density at radius 2 is 2.00 bits per heavy atom. The minimum Gasteiger partial charge on any atom is -0.494 e. The molecule has 2 aliphatic rings. The fraction of sp³-hybridized carbons (Fsp3) is 0.360. The van der Waals surface area contributed by atoms with E-state index >= 15 is 0 Å². The molecule has 1 aliphatic carbocycles. The highest BCUT2D eigenvalue weighted by Gasteiger charge is 2.30. The van der Waals surface area contributed by atoms with Crippen LogP contribution in [0.5, 0.6) is 5.75 Å². The summed E-state index contributed by atoms with van der Waals surface area (Å²) in [5, 5.41) is 16.1. The molecule has 5 rings (SSSR count). The first kappa shape index (κ1) is 21.1. The van der Waals surface area contributed by atoms with Crippen LogP contribution in [0.25, 0.3) is 10.6 Å². The molecule has 2 aromatic heterocycles. The minimum atomic E-state index is -2.75. The number of rotatable bonds is 8. The maximum Gasteiger partial charge on any atom is 0.273 e. The number of carbonyl (C=O) groups is 3. The van der Waals surface area contributed by atoms with Gasteiger partial charge in [0.25, 0.3) is 11.8 Å². The number of methoxy groups -OCH3 is 1. The number of amides is 3. The van der Waals surface area contributed by atoms with Gasteiger partial charge in [-0.2, -0.15) is 0 Å². The van der Waals surface area contributed by atoms with E-state index in [1.807, 2.05) is 5.32 Å². The lowest BCUT2D eigenvalue weighted by atomic mass is 10.1. The van der Waals surface area contributed by atoms with Crippen molar-refractivity contribution in [2.24, 2.45) is 5.92 Å². The van der Waals surface area contributed by atoms with E-state index in [1.54, 1.807) is 30.0 Å². The Morgan fingerprint density at radius 3 is 2.68 bits per heavy atom. The zero-order valence-electron chi connectivity index (χ0n) is 23.3. The molecule has 1 saturated carbocycles. The monoisotopic (exact) mass is 524 g/mol. The molecule has 37 heavy (non-hydrogen) atoms. The second kappa shape index (κ2) is 10.1. The number of nitrogens with one attached hydrogen (secondary N) is 3. The average Bonchev–Trinajstić information content (AvgIpc) is 3.63. The number of aromatic nitrogens is 3. The molecule has 0 atom stereocenters. The molecule has 12 heteroatoms. The number of thiazole rings is 1. The number of carbonyl (C=O) groups excluding carboxylic acids is 3. The molecule has 3 heterocycles. The smallest absolute Gasteiger partial charge is 0.273 e. The van der Waals surface area contributed by atoms with Crippen molar-refractivity contribution in [1.82, 2.24) is 25.4 Å². The fourth-order valence-corrected chi connectivity index (χ4v) is 4.95. The first-order valence-electron chi connectivity index (χ1n) is 13.3. The topological polar surface area (TPSA) is 138 Å². The van der Waals surface area contributed by atoms with Gasteiger partial charge in [0.05, 0.1) is 29.7 Å². The van der Waals surface area contributed by atoms with Crippen molar-refractivity contribution in [3.63, 3.8) is 0 Å². The summed E-state index contributed by atoms with van der Waals surface area (Å²) in [6.07, 6.45) is 2.56. The first-order chi connectivity index (χ1) is 19.0. The minimum absolute atomic E-state index is 0.0470. The Kier molecular flexibility index (Phi) is 5.77. The molecule has 1 aliphatic heterocycles. The number of ether oxygens (including phenoxy) is 1. The molecule has 0 unspecified atom stereocenters. The highest BCUT2D eigenvalue weighted by Crippen LogP contribution is 2.41. The maximum absolute atomic E-state index is 12.8. The summed E-state index contributed by atoms with van der Waals surface area (Å²) in [6.45, 7) is 0.502. The van der Waals surface area contributed by atoms with Crippen molar-refractivity contribution in [3.8, 4) is 16.3 Å². The van der Waals surface area contributed by atoms with E-state index in [1.165, 1.54) is 24.5 Å². The molecular formula is C25H27N7O4S. The molecule has 1 aromatic carbocycles. The molecule has 3 aromatic rings. The number of hydrogen-bond acceptors (Lipinski definition) is 9. The third-order valence-electron chi connectivity index (χ3n) is 6.17. The standard InChI is InChI=1S/C25H27N7O4S/c1-13-21(25(35)32-10-5-11-32)37-24(27-13)15-6-4-7-16(20(15)36-3)28-17-12-18(29-22(33)14-8-9-14)30-31-19(17)23(34)26-2/h4,6-7,12,14H,5,8-11H2,1-3H3,(H,26,34)(H2,28,29,30,33)/i2D3. The molecule has 0 spiro atoms. The fourth-order valence-electron chi connectivity index (χ4n) is 3.89. The van der Waals surface area contributed by atoms with Crippen LogP contribution >= 0.6 is 11.3 Å². The van der Waals surface area contributed by atoms with Gasteiger partial charge in [0.2, 0.25) is 5.91 Å². The van der Waals surface area contributed by atoms with Crippen molar-refractivity contribution in [2.75, 3.05) is 37.8 Å². The van der Waals surface area contributed by atoms with E-state index < -0.39 is 12.9 Å². The lowest BCUT2D eigenvalue weighted by molar-refractivity contribution is -0.117. The molecule has 1 saturated heterocycles. The highest BCUT2D eigenvalue weighted by atomic mass is 32.1. The van der Waals surface area contributed by atoms with Crippen LogP contribution in [0, 0.1) is 12.8 Å². The largest absolute Gasteiger partial charge is 0.494 e. The summed E-state index contributed by atoms with van der Waals surface area (Å²) in [7, 11) is 1.48. The predicted molar refractivity (Wildman–Crippen MR) is 139 cm³/mol. The van der Waals surface area contributed by atoms with Gasteiger partial charge in [-0.1, -0.05) is 6.07 Å². The van der Waals surface area contributed by atoms with E-state index in [9.17, 15) is 14.4 Å². The van der Waals surface area contributed by atoms with Crippen molar-refractivity contribution in [3.05, 3.63) is 40.5 Å². The van der Waals surface area contributed by atoms with Gasteiger partial charge in [-0.25, -0.2) is 4.98 Å². The Morgan fingerprint density at radius 1 is 1.19 bits per heavy atom. The van der Waals surface area contributed by atoms with Crippen LogP contribution in [0.15, 0.2) is 24.3 Å². The van der Waals surface area contributed by atoms with Crippen LogP contribution in [0.2, 0.25) is 0 Å². The predicted octanol–water partition coefficient (Wildman–Crippen LogP) is 3.21. The Balaban J connectivity index is 1.50. The van der Waals surface area contributed by atoms with Gasteiger partial charge in [0, 0.05) is 36.2 Å². The van der Waals surface area contributed by atoms with Gasteiger partial charge in [0.1, 0.15) is 9.88 Å². The summed E-state index contributed by atoms with van der Waals surface area (Å²) in [6, 6.07) is 6.66. The van der Waals surface area contributed by atoms with Crippen molar-refractivity contribution in [1.29, 1.82) is 0 Å². The van der Waals surface area contributed by atoms with Crippen molar-refractivity contribution in [2.45, 2.75) is 26.2 Å². The Hall–Kier alpha value is -4.06. The molecule has 2 fully saturated rings. The SMILES string of the molecule is [2H]C([2H])([2H])NC(=O)c1nnc(NC(=O)C2CC2)cc1Nc1cccc(-c2nc(C)c(C(=O)N3CCC3)s2)c1OC. The average molecular weight is 525 g/mol. The lowest BCUT2D eigenvalue weighted by Crippen LogP contribution is -2.41. The van der Waals surface area contributed by atoms with Gasteiger partial charge in [-0.3, -0.25) is 14.4 Å². The normalized spacial score (nSPS) is 16.1. The molecule has 0 radical (unpaired) electrons. The van der Waals surface area contributed by atoms with E-state index in [0.29, 0.717) is 32.6 Å². The molecule has 3 N–H and O–H groups in total. The quantitative estimate of drug-likeness (QED) is 0.408. The summed E-state index contributed by atoms with van der Waals surface area (Å²) < 4.78 is 27.9. The summed E-state index contributed by atoms with van der Waals surface area (Å²) >= 11 is 1.27. The zero-order valence-corrected chi connectivity index (χ0v) is 21.1. The van der Waals surface area contributed by atoms with Gasteiger partial charge in [-0.05, 0) is 38.3 Å². The molecule has 11 nitrogen and oxygen atoms in total. The van der Waals surface area contributed by atoms with Crippen molar-refractivity contribution < 1.29 is 23.2 Å². The summed E-state index contributed by atoms with van der Waals surface area (Å²) in [5.74, 6) is -0.842. The van der Waals surface area contributed by atoms with E-state index in [4.69, 9.17) is 8.85 Å². The summed E-state index contributed by atoms with van der Waals surface area (Å²) in [4.78, 5) is 44.9. The second-order valence-corrected chi connectivity index (χ2v) is 9.80. The molecule has 3 amide bonds. The summed E-state index contributed by atoms with van der Waals surface area (Å²) in [5.41, 5.74) is 1.46. The first-order valence-corrected chi connectivity index (χ1v) is 12.6. The Labute approximate surface area is 221 Å². The number of hydrogen-bond donors (Lipinski definition) is 3. The maximum atomic E-state index is 12.8. The Bertz CT molecular complexity index is 1490. The van der Waals surface area contributed by atoms with Gasteiger partial charge >= 0.3 is 0 Å². The van der Waals surface area contributed by atoms with Crippen LogP contribution in [-0.4, -0.2) is 65.0 Å². The van der Waals surface area contributed by atoms with Crippen LogP contribution in [0.1, 0.15) is 49.2 Å². The van der Waals surface area contributed by atoms with Crippen LogP contribution in [0.3, 0.4) is 0 Å². The van der Waals surface area contributed by atoms with Gasteiger partial charge in [-0.15, -0.1) is 21.5 Å². The van der Waals surface area contributed by atoms with E-state index in [2.05, 4.69) is 25.8 Å². The molecule has 192 valence electrons. The molecular weight excluding hydrogens is 494 g/mol. The van der Waals surface area contributed by atoms with E-state index in [-0.39, 0.29) is 34.9 Å². The highest BCUT2D eigenvalue weighted by molar-refractivity contribution is 7.17. The third kappa shape index (κ3) is 4.96. The van der Waals surface area contributed by atoms with Crippen LogP contribution in [0.4, 0.5) is 17.2 Å². The van der Waals surface area contributed by atoms with Crippen LogP contribution < -0.4 is 20.7 Å². The zero-order chi connectivity index (χ0) is 28.6. The van der Waals surface area contributed by atoms with Crippen molar-refractivity contribution >= 4 is 46.3 Å².